The maximum absolute atomic E-state index is 9.38. The molecule has 0 spiro atoms. The van der Waals surface area contributed by atoms with Gasteiger partial charge in [0.2, 0.25) is 5.28 Å². The van der Waals surface area contributed by atoms with Gasteiger partial charge in [-0.15, -0.1) is 0 Å². The molecule has 0 bridgehead atoms. The van der Waals surface area contributed by atoms with Gasteiger partial charge in [-0.3, -0.25) is 0 Å². The second-order valence-corrected chi connectivity index (χ2v) is 3.51. The van der Waals surface area contributed by atoms with E-state index in [0.717, 1.165) is 16.6 Å². The van der Waals surface area contributed by atoms with Crippen LogP contribution in [-0.4, -0.2) is 22.1 Å². The fourth-order valence-electron chi connectivity index (χ4n) is 1.45. The van der Waals surface area contributed by atoms with Crippen molar-refractivity contribution in [1.29, 1.82) is 0 Å². The van der Waals surface area contributed by atoms with Crippen molar-refractivity contribution in [2.24, 2.45) is 0 Å². The Morgan fingerprint density at radius 2 is 2.20 bits per heavy atom. The van der Waals surface area contributed by atoms with Gasteiger partial charge in [-0.25, -0.2) is 9.97 Å². The topological polar surface area (TPSA) is 58.0 Å². The molecule has 2 N–H and O–H groups in total. The molecule has 0 saturated carbocycles. The van der Waals surface area contributed by atoms with Crippen molar-refractivity contribution in [3.8, 4) is 5.75 Å². The average Bonchev–Trinajstić information content (AvgIpc) is 2.19. The second-order valence-electron chi connectivity index (χ2n) is 3.17. The first-order chi connectivity index (χ1) is 7.20. The molecule has 4 nitrogen and oxygen atoms in total. The largest absolute Gasteiger partial charge is 0.508 e. The highest BCUT2D eigenvalue weighted by molar-refractivity contribution is 6.28. The molecule has 0 amide bonds. The van der Waals surface area contributed by atoms with E-state index in [0.29, 0.717) is 6.54 Å². The van der Waals surface area contributed by atoms with E-state index in [-0.39, 0.29) is 11.0 Å². The number of hydrogen-bond donors (Lipinski definition) is 2. The molecule has 1 aromatic heterocycles. The van der Waals surface area contributed by atoms with Gasteiger partial charge < -0.3 is 10.4 Å². The number of fused-ring (bicyclic) bond motifs is 1. The Hall–Kier alpha value is -1.39. The number of hydrogen-bond acceptors (Lipinski definition) is 4. The number of phenolic OH excluding ortho intramolecular Hbond substituents is 1. The van der Waals surface area contributed by atoms with E-state index in [1.165, 1.54) is 0 Å². The number of aromatic hydroxyl groups is 1. The van der Waals surface area contributed by atoms with E-state index in [1.54, 1.807) is 18.2 Å². The van der Waals surface area contributed by atoms with E-state index < -0.39 is 0 Å². The molecule has 0 saturated heterocycles. The summed E-state index contributed by atoms with van der Waals surface area (Å²) in [5.41, 5.74) is 1.52. The van der Waals surface area contributed by atoms with Gasteiger partial charge in [-0.2, -0.15) is 0 Å². The zero-order chi connectivity index (χ0) is 10.8. The minimum Gasteiger partial charge on any atom is -0.508 e. The maximum Gasteiger partial charge on any atom is 0.223 e. The van der Waals surface area contributed by atoms with Crippen LogP contribution < -0.4 is 5.32 Å². The smallest absolute Gasteiger partial charge is 0.223 e. The summed E-state index contributed by atoms with van der Waals surface area (Å²) in [4.78, 5) is 8.19. The Morgan fingerprint density at radius 1 is 1.40 bits per heavy atom. The molecule has 0 aliphatic carbocycles. The zero-order valence-electron chi connectivity index (χ0n) is 8.16. The molecule has 15 heavy (non-hydrogen) atoms. The summed E-state index contributed by atoms with van der Waals surface area (Å²) < 4.78 is 0. The Balaban J connectivity index is 2.70. The van der Waals surface area contributed by atoms with Crippen LogP contribution in [0.3, 0.4) is 0 Å². The van der Waals surface area contributed by atoms with Gasteiger partial charge in [0.05, 0.1) is 11.2 Å². The quantitative estimate of drug-likeness (QED) is 0.761. The number of benzene rings is 1. The minimum atomic E-state index is 0.200. The van der Waals surface area contributed by atoms with Crippen molar-refractivity contribution in [3.63, 3.8) is 0 Å². The molecule has 0 radical (unpaired) electrons. The second kappa shape index (κ2) is 4.00. The van der Waals surface area contributed by atoms with E-state index in [2.05, 4.69) is 15.3 Å². The van der Waals surface area contributed by atoms with Crippen molar-refractivity contribution in [2.75, 3.05) is 7.05 Å². The zero-order valence-corrected chi connectivity index (χ0v) is 8.91. The van der Waals surface area contributed by atoms with Crippen LogP contribution in [0.2, 0.25) is 5.28 Å². The Bertz CT molecular complexity index is 501. The van der Waals surface area contributed by atoms with Crippen molar-refractivity contribution in [3.05, 3.63) is 29.2 Å². The van der Waals surface area contributed by atoms with Crippen molar-refractivity contribution >= 4 is 22.5 Å². The minimum absolute atomic E-state index is 0.200. The molecule has 2 aromatic rings. The molecular formula is C10H10ClN3O. The lowest BCUT2D eigenvalue weighted by Crippen LogP contribution is -2.08. The first-order valence-corrected chi connectivity index (χ1v) is 4.88. The number of halogens is 1. The van der Waals surface area contributed by atoms with Gasteiger partial charge >= 0.3 is 0 Å². The summed E-state index contributed by atoms with van der Waals surface area (Å²) in [6.07, 6.45) is 0. The lowest BCUT2D eigenvalue weighted by molar-refractivity contribution is 0.476. The summed E-state index contributed by atoms with van der Waals surface area (Å²) >= 11 is 5.79. The number of rotatable bonds is 2. The van der Waals surface area contributed by atoms with Crippen molar-refractivity contribution < 1.29 is 5.11 Å². The molecule has 0 atom stereocenters. The lowest BCUT2D eigenvalue weighted by Gasteiger charge is -2.05. The first-order valence-electron chi connectivity index (χ1n) is 4.50. The molecule has 2 rings (SSSR count). The Kier molecular flexibility index (Phi) is 2.70. The summed E-state index contributed by atoms with van der Waals surface area (Å²) in [5, 5.41) is 13.4. The Labute approximate surface area is 91.9 Å². The lowest BCUT2D eigenvalue weighted by atomic mass is 10.2. The van der Waals surface area contributed by atoms with Gasteiger partial charge in [-0.1, -0.05) is 0 Å². The molecule has 5 heteroatoms. The maximum atomic E-state index is 9.38. The van der Waals surface area contributed by atoms with E-state index in [9.17, 15) is 5.11 Å². The summed E-state index contributed by atoms with van der Waals surface area (Å²) in [6.45, 7) is 0.586. The molecule has 1 aromatic carbocycles. The standard InChI is InChI=1S/C10H10ClN3O/c1-12-5-9-7-4-6(15)2-3-8(7)13-10(11)14-9/h2-4,12,15H,5H2,1H3. The molecular weight excluding hydrogens is 214 g/mol. The third-order valence-electron chi connectivity index (χ3n) is 2.08. The molecule has 0 fully saturated rings. The highest BCUT2D eigenvalue weighted by Gasteiger charge is 2.06. The SMILES string of the molecule is CNCc1nc(Cl)nc2ccc(O)cc12. The summed E-state index contributed by atoms with van der Waals surface area (Å²) in [5.74, 6) is 0.200. The van der Waals surface area contributed by atoms with Crippen LogP contribution in [0.25, 0.3) is 10.9 Å². The normalized spacial score (nSPS) is 10.8. The summed E-state index contributed by atoms with van der Waals surface area (Å²) in [6, 6.07) is 4.94. The number of nitrogens with zero attached hydrogens (tertiary/aromatic N) is 2. The molecule has 0 unspecified atom stereocenters. The van der Waals surface area contributed by atoms with Crippen LogP contribution >= 0.6 is 11.6 Å². The molecule has 0 aliphatic heterocycles. The highest BCUT2D eigenvalue weighted by atomic mass is 35.5. The van der Waals surface area contributed by atoms with Crippen LogP contribution in [0, 0.1) is 0 Å². The first kappa shape index (κ1) is 10.1. The van der Waals surface area contributed by atoms with Gasteiger partial charge in [0.25, 0.3) is 0 Å². The fourth-order valence-corrected chi connectivity index (χ4v) is 1.64. The van der Waals surface area contributed by atoms with Crippen molar-refractivity contribution in [2.45, 2.75) is 6.54 Å². The van der Waals surface area contributed by atoms with Crippen LogP contribution in [0.5, 0.6) is 5.75 Å². The predicted molar refractivity (Wildman–Crippen MR) is 59.0 cm³/mol. The Morgan fingerprint density at radius 3 is 2.93 bits per heavy atom. The van der Waals surface area contributed by atoms with Gasteiger partial charge in [0.1, 0.15) is 5.75 Å². The molecule has 1 heterocycles. The highest BCUT2D eigenvalue weighted by Crippen LogP contribution is 2.22. The predicted octanol–water partition coefficient (Wildman–Crippen LogP) is 1.71. The monoisotopic (exact) mass is 223 g/mol. The number of aromatic nitrogens is 2. The third-order valence-corrected chi connectivity index (χ3v) is 2.24. The van der Waals surface area contributed by atoms with Crippen LogP contribution in [0.15, 0.2) is 18.2 Å². The van der Waals surface area contributed by atoms with E-state index in [1.807, 2.05) is 7.05 Å². The van der Waals surface area contributed by atoms with E-state index >= 15 is 0 Å². The van der Waals surface area contributed by atoms with Gasteiger partial charge in [-0.05, 0) is 36.8 Å². The number of nitrogens with one attached hydrogen (secondary N) is 1. The average molecular weight is 224 g/mol. The van der Waals surface area contributed by atoms with Crippen molar-refractivity contribution in [1.82, 2.24) is 15.3 Å². The van der Waals surface area contributed by atoms with Gasteiger partial charge in [0.15, 0.2) is 0 Å². The van der Waals surface area contributed by atoms with Crippen LogP contribution in [0.1, 0.15) is 5.69 Å². The fraction of sp³-hybridized carbons (Fsp3) is 0.200. The van der Waals surface area contributed by atoms with E-state index in [4.69, 9.17) is 11.6 Å². The summed E-state index contributed by atoms with van der Waals surface area (Å²) in [7, 11) is 1.82. The molecule has 78 valence electrons. The van der Waals surface area contributed by atoms with Crippen LogP contribution in [-0.2, 0) is 6.54 Å². The molecule has 0 aliphatic rings. The van der Waals surface area contributed by atoms with Crippen LogP contribution in [0.4, 0.5) is 0 Å². The number of phenols is 1. The van der Waals surface area contributed by atoms with Gasteiger partial charge in [0, 0.05) is 11.9 Å². The third kappa shape index (κ3) is 2.00.